The zero-order chi connectivity index (χ0) is 19.4. The molecule has 2 aromatic carbocycles. The molecule has 3 rings (SSSR count). The van der Waals surface area contributed by atoms with Crippen molar-refractivity contribution in [1.82, 2.24) is 0 Å². The normalized spacial score (nSPS) is 13.6. The minimum Gasteiger partial charge on any atom is -0.484 e. The summed E-state index contributed by atoms with van der Waals surface area (Å²) < 4.78 is 5.79. The van der Waals surface area contributed by atoms with Crippen molar-refractivity contribution in [3.63, 3.8) is 0 Å². The van der Waals surface area contributed by atoms with Crippen LogP contribution in [-0.4, -0.2) is 12.5 Å². The average Bonchev–Trinajstić information content (AvgIpc) is 2.66. The Hall–Kier alpha value is -2.29. The van der Waals surface area contributed by atoms with E-state index in [-0.39, 0.29) is 12.5 Å². The first-order chi connectivity index (χ1) is 13.0. The predicted octanol–water partition coefficient (Wildman–Crippen LogP) is 5.83. The number of nitrogens with one attached hydrogen (secondary N) is 1. The molecule has 3 nitrogen and oxygen atoms in total. The molecule has 0 aliphatic heterocycles. The monoisotopic (exact) mass is 365 g/mol. The highest BCUT2D eigenvalue weighted by Gasteiger charge is 2.16. The highest BCUT2D eigenvalue weighted by molar-refractivity contribution is 5.93. The van der Waals surface area contributed by atoms with E-state index < -0.39 is 0 Å². The molecule has 3 heteroatoms. The first-order valence-corrected chi connectivity index (χ1v) is 10.1. The topological polar surface area (TPSA) is 38.3 Å². The molecule has 0 radical (unpaired) electrons. The summed E-state index contributed by atoms with van der Waals surface area (Å²) in [6.45, 7) is 8.64. The summed E-state index contributed by atoms with van der Waals surface area (Å²) in [6, 6.07) is 12.5. The molecule has 0 saturated heterocycles. The molecule has 0 saturated carbocycles. The molecule has 0 bridgehead atoms. The van der Waals surface area contributed by atoms with Gasteiger partial charge >= 0.3 is 0 Å². The average molecular weight is 366 g/mol. The molecule has 0 spiro atoms. The van der Waals surface area contributed by atoms with Crippen molar-refractivity contribution < 1.29 is 9.53 Å². The van der Waals surface area contributed by atoms with Gasteiger partial charge in [0.25, 0.3) is 5.91 Å². The van der Waals surface area contributed by atoms with Crippen molar-refractivity contribution in [1.29, 1.82) is 0 Å². The molecular weight excluding hydrogens is 334 g/mol. The Kier molecular flexibility index (Phi) is 6.20. The number of hydrogen-bond donors (Lipinski definition) is 1. The Balaban J connectivity index is 1.69. The van der Waals surface area contributed by atoms with Crippen LogP contribution >= 0.6 is 0 Å². The van der Waals surface area contributed by atoms with Gasteiger partial charge in [0.2, 0.25) is 0 Å². The first-order valence-electron chi connectivity index (χ1n) is 10.1. The van der Waals surface area contributed by atoms with Crippen LogP contribution in [0.15, 0.2) is 36.4 Å². The van der Waals surface area contributed by atoms with E-state index in [1.165, 1.54) is 35.1 Å². The quantitative estimate of drug-likeness (QED) is 0.699. The van der Waals surface area contributed by atoms with Crippen LogP contribution in [-0.2, 0) is 17.6 Å². The molecular formula is C24H31NO2. The van der Waals surface area contributed by atoms with Gasteiger partial charge in [-0.05, 0) is 71.9 Å². The lowest BCUT2D eigenvalue weighted by Crippen LogP contribution is -2.22. The van der Waals surface area contributed by atoms with Crippen LogP contribution in [0.2, 0.25) is 0 Å². The number of rotatable bonds is 6. The number of hydrogen-bond acceptors (Lipinski definition) is 2. The van der Waals surface area contributed by atoms with Crippen molar-refractivity contribution in [3.05, 3.63) is 58.7 Å². The van der Waals surface area contributed by atoms with Crippen molar-refractivity contribution >= 4 is 11.6 Å². The summed E-state index contributed by atoms with van der Waals surface area (Å²) in [5.41, 5.74) is 6.07. The summed E-state index contributed by atoms with van der Waals surface area (Å²) in [6.07, 6.45) is 4.77. The van der Waals surface area contributed by atoms with Crippen LogP contribution in [0.25, 0.3) is 0 Å². The second-order valence-corrected chi connectivity index (χ2v) is 8.10. The van der Waals surface area contributed by atoms with E-state index >= 15 is 0 Å². The van der Waals surface area contributed by atoms with Crippen LogP contribution in [0.5, 0.6) is 5.75 Å². The summed E-state index contributed by atoms with van der Waals surface area (Å²) in [7, 11) is 0. The van der Waals surface area contributed by atoms with Gasteiger partial charge in [0, 0.05) is 5.69 Å². The number of fused-ring (bicyclic) bond motifs is 1. The first kappa shape index (κ1) is 19.5. The Morgan fingerprint density at radius 3 is 2.22 bits per heavy atom. The van der Waals surface area contributed by atoms with Crippen LogP contribution in [0.3, 0.4) is 0 Å². The predicted molar refractivity (Wildman–Crippen MR) is 112 cm³/mol. The van der Waals surface area contributed by atoms with E-state index in [9.17, 15) is 4.79 Å². The van der Waals surface area contributed by atoms with Crippen molar-refractivity contribution in [3.8, 4) is 5.75 Å². The molecule has 0 aromatic heterocycles. The number of para-hydroxylation sites is 1. The summed E-state index contributed by atoms with van der Waals surface area (Å²) in [5, 5.41) is 3.11. The van der Waals surface area contributed by atoms with E-state index in [0.717, 1.165) is 24.3 Å². The standard InChI is InChI=1S/C24H31NO2/c1-16(2)21-10-7-11-22(17(3)4)24(21)25-23(26)15-27-20-13-12-18-8-5-6-9-19(18)14-20/h7,10-14,16-17H,5-6,8-9,15H2,1-4H3,(H,25,26). The molecule has 27 heavy (non-hydrogen) atoms. The number of benzene rings is 2. The molecule has 1 N–H and O–H groups in total. The second-order valence-electron chi connectivity index (χ2n) is 8.10. The molecule has 1 amide bonds. The Morgan fingerprint density at radius 2 is 1.59 bits per heavy atom. The lowest BCUT2D eigenvalue weighted by molar-refractivity contribution is -0.118. The molecule has 1 aliphatic rings. The van der Waals surface area contributed by atoms with Crippen LogP contribution in [0.4, 0.5) is 5.69 Å². The zero-order valence-electron chi connectivity index (χ0n) is 17.0. The minimum atomic E-state index is -0.109. The lowest BCUT2D eigenvalue weighted by atomic mass is 9.92. The van der Waals surface area contributed by atoms with Gasteiger partial charge in [-0.2, -0.15) is 0 Å². The Bertz CT molecular complexity index is 782. The fraction of sp³-hybridized carbons (Fsp3) is 0.458. The van der Waals surface area contributed by atoms with E-state index in [4.69, 9.17) is 4.74 Å². The highest BCUT2D eigenvalue weighted by Crippen LogP contribution is 2.32. The third-order valence-electron chi connectivity index (χ3n) is 5.33. The van der Waals surface area contributed by atoms with Crippen molar-refractivity contribution in [2.45, 2.75) is 65.2 Å². The van der Waals surface area contributed by atoms with Gasteiger partial charge in [-0.1, -0.05) is 52.0 Å². The van der Waals surface area contributed by atoms with Gasteiger partial charge in [-0.25, -0.2) is 0 Å². The molecule has 0 atom stereocenters. The van der Waals surface area contributed by atoms with E-state index in [2.05, 4.69) is 63.3 Å². The number of amides is 1. The summed E-state index contributed by atoms with van der Waals surface area (Å²) >= 11 is 0. The summed E-state index contributed by atoms with van der Waals surface area (Å²) in [5.74, 6) is 1.37. The highest BCUT2D eigenvalue weighted by atomic mass is 16.5. The molecule has 0 fully saturated rings. The fourth-order valence-electron chi connectivity index (χ4n) is 3.82. The van der Waals surface area contributed by atoms with Crippen molar-refractivity contribution in [2.24, 2.45) is 0 Å². The van der Waals surface area contributed by atoms with Gasteiger partial charge in [0.05, 0.1) is 0 Å². The maximum Gasteiger partial charge on any atom is 0.262 e. The van der Waals surface area contributed by atoms with E-state index in [1.807, 2.05) is 6.07 Å². The second kappa shape index (κ2) is 8.60. The summed E-state index contributed by atoms with van der Waals surface area (Å²) in [4.78, 5) is 12.6. The number of aryl methyl sites for hydroxylation is 2. The molecule has 144 valence electrons. The van der Waals surface area contributed by atoms with Crippen LogP contribution < -0.4 is 10.1 Å². The smallest absolute Gasteiger partial charge is 0.262 e. The number of carbonyl (C=O) groups excluding carboxylic acids is 1. The van der Waals surface area contributed by atoms with E-state index in [0.29, 0.717) is 11.8 Å². The maximum atomic E-state index is 12.6. The van der Waals surface area contributed by atoms with E-state index in [1.54, 1.807) is 0 Å². The molecule has 0 heterocycles. The van der Waals surface area contributed by atoms with Gasteiger partial charge in [-0.15, -0.1) is 0 Å². The molecule has 1 aliphatic carbocycles. The SMILES string of the molecule is CC(C)c1cccc(C(C)C)c1NC(=O)COc1ccc2c(c1)CCCC2. The molecule has 0 unspecified atom stereocenters. The van der Waals surface area contributed by atoms with Gasteiger partial charge in [0.1, 0.15) is 5.75 Å². The van der Waals surface area contributed by atoms with Crippen molar-refractivity contribution in [2.75, 3.05) is 11.9 Å². The number of ether oxygens (including phenoxy) is 1. The third kappa shape index (κ3) is 4.71. The fourth-order valence-corrected chi connectivity index (χ4v) is 3.82. The Labute approximate surface area is 163 Å². The maximum absolute atomic E-state index is 12.6. The lowest BCUT2D eigenvalue weighted by Gasteiger charge is -2.20. The third-order valence-corrected chi connectivity index (χ3v) is 5.33. The molecule has 2 aromatic rings. The van der Waals surface area contributed by atoms with Gasteiger partial charge in [0.15, 0.2) is 6.61 Å². The zero-order valence-corrected chi connectivity index (χ0v) is 17.0. The largest absolute Gasteiger partial charge is 0.484 e. The number of carbonyl (C=O) groups is 1. The van der Waals surface area contributed by atoms with Gasteiger partial charge in [-0.3, -0.25) is 4.79 Å². The van der Waals surface area contributed by atoms with Crippen LogP contribution in [0, 0.1) is 0 Å². The van der Waals surface area contributed by atoms with Gasteiger partial charge < -0.3 is 10.1 Å². The number of anilines is 1. The van der Waals surface area contributed by atoms with Crippen LogP contribution in [0.1, 0.15) is 74.6 Å². The Morgan fingerprint density at radius 1 is 0.963 bits per heavy atom. The minimum absolute atomic E-state index is 0.0305.